The van der Waals surface area contributed by atoms with E-state index in [1.807, 2.05) is 25.1 Å². The van der Waals surface area contributed by atoms with Crippen molar-refractivity contribution in [2.45, 2.75) is 32.2 Å². The quantitative estimate of drug-likeness (QED) is 0.879. The largest absolute Gasteiger partial charge is 0.492 e. The summed E-state index contributed by atoms with van der Waals surface area (Å²) in [5, 5.41) is 7.73. The summed E-state index contributed by atoms with van der Waals surface area (Å²) in [5.74, 6) is 0.888. The molecule has 1 saturated heterocycles. The van der Waals surface area contributed by atoms with Crippen molar-refractivity contribution < 1.29 is 4.74 Å². The lowest BCUT2D eigenvalue weighted by Gasteiger charge is -2.20. The van der Waals surface area contributed by atoms with Crippen molar-refractivity contribution in [3.63, 3.8) is 0 Å². The van der Waals surface area contributed by atoms with E-state index in [0.717, 1.165) is 36.0 Å². The topological polar surface area (TPSA) is 33.3 Å². The first-order chi connectivity index (χ1) is 8.79. The lowest BCUT2D eigenvalue weighted by molar-refractivity contribution is 0.341. The van der Waals surface area contributed by atoms with Crippen molar-refractivity contribution in [1.82, 2.24) is 5.32 Å². The van der Waals surface area contributed by atoms with E-state index in [9.17, 15) is 0 Å². The summed E-state index contributed by atoms with van der Waals surface area (Å²) >= 11 is 6.06. The van der Waals surface area contributed by atoms with E-state index in [4.69, 9.17) is 16.3 Å². The molecule has 18 heavy (non-hydrogen) atoms. The lowest BCUT2D eigenvalue weighted by atomic mass is 10.1. The highest BCUT2D eigenvalue weighted by molar-refractivity contribution is 6.30. The fraction of sp³-hybridized carbons (Fsp3) is 0.571. The van der Waals surface area contributed by atoms with Gasteiger partial charge < -0.3 is 15.4 Å². The van der Waals surface area contributed by atoms with Crippen LogP contribution < -0.4 is 15.4 Å². The third-order valence-corrected chi connectivity index (χ3v) is 3.41. The fourth-order valence-electron chi connectivity index (χ4n) is 2.28. The highest BCUT2D eigenvalue weighted by Crippen LogP contribution is 2.29. The molecule has 0 radical (unpaired) electrons. The third kappa shape index (κ3) is 3.79. The third-order valence-electron chi connectivity index (χ3n) is 3.18. The minimum Gasteiger partial charge on any atom is -0.492 e. The van der Waals surface area contributed by atoms with E-state index in [-0.39, 0.29) is 0 Å². The molecule has 100 valence electrons. The van der Waals surface area contributed by atoms with Crippen molar-refractivity contribution in [1.29, 1.82) is 0 Å². The molecule has 1 aromatic carbocycles. The number of rotatable bonds is 4. The van der Waals surface area contributed by atoms with Crippen LogP contribution in [-0.2, 0) is 0 Å². The van der Waals surface area contributed by atoms with Gasteiger partial charge in [-0.05, 0) is 57.5 Å². The van der Waals surface area contributed by atoms with Crippen molar-refractivity contribution in [3.8, 4) is 5.75 Å². The molecule has 0 aliphatic carbocycles. The molecule has 0 saturated carbocycles. The zero-order valence-corrected chi connectivity index (χ0v) is 11.6. The van der Waals surface area contributed by atoms with Crippen LogP contribution in [0.3, 0.4) is 0 Å². The highest BCUT2D eigenvalue weighted by Gasteiger charge is 2.14. The van der Waals surface area contributed by atoms with Gasteiger partial charge in [-0.2, -0.15) is 0 Å². The predicted molar refractivity (Wildman–Crippen MR) is 76.8 cm³/mol. The van der Waals surface area contributed by atoms with Crippen molar-refractivity contribution in [3.05, 3.63) is 23.2 Å². The maximum Gasteiger partial charge on any atom is 0.142 e. The Morgan fingerprint density at radius 3 is 3.11 bits per heavy atom. The first kappa shape index (κ1) is 13.5. The molecule has 1 heterocycles. The van der Waals surface area contributed by atoms with Crippen LogP contribution >= 0.6 is 11.6 Å². The molecule has 2 N–H and O–H groups in total. The number of hydrogen-bond acceptors (Lipinski definition) is 3. The Morgan fingerprint density at radius 2 is 2.28 bits per heavy atom. The fourth-order valence-corrected chi connectivity index (χ4v) is 2.45. The maximum absolute atomic E-state index is 6.06. The molecule has 2 rings (SSSR count). The van der Waals surface area contributed by atoms with E-state index in [1.165, 1.54) is 12.8 Å². The van der Waals surface area contributed by atoms with Gasteiger partial charge in [0.05, 0.1) is 12.3 Å². The Bertz CT molecular complexity index is 376. The minimum absolute atomic E-state index is 0.498. The van der Waals surface area contributed by atoms with Crippen molar-refractivity contribution in [2.24, 2.45) is 0 Å². The Kier molecular flexibility index (Phi) is 5.14. The number of anilines is 1. The number of ether oxygens (including phenoxy) is 1. The van der Waals surface area contributed by atoms with E-state index in [2.05, 4.69) is 10.6 Å². The van der Waals surface area contributed by atoms with Gasteiger partial charge >= 0.3 is 0 Å². The molecule has 0 spiro atoms. The van der Waals surface area contributed by atoms with Crippen LogP contribution in [-0.4, -0.2) is 25.7 Å². The van der Waals surface area contributed by atoms with Gasteiger partial charge in [-0.3, -0.25) is 0 Å². The highest BCUT2D eigenvalue weighted by atomic mass is 35.5. The van der Waals surface area contributed by atoms with Gasteiger partial charge in [0.1, 0.15) is 5.75 Å². The predicted octanol–water partition coefficient (Wildman–Crippen LogP) is 3.29. The lowest BCUT2D eigenvalue weighted by Crippen LogP contribution is -2.21. The maximum atomic E-state index is 6.06. The normalized spacial score (nSPS) is 20.2. The summed E-state index contributed by atoms with van der Waals surface area (Å²) in [4.78, 5) is 0. The van der Waals surface area contributed by atoms with Gasteiger partial charge in [-0.1, -0.05) is 11.6 Å². The van der Waals surface area contributed by atoms with Crippen LogP contribution in [0.1, 0.15) is 26.2 Å². The SMILES string of the molecule is CCOc1ccc(Cl)cc1NC1CCCNCC1. The average Bonchev–Trinajstić information content (AvgIpc) is 2.61. The molecule has 1 aliphatic heterocycles. The number of nitrogens with one attached hydrogen (secondary N) is 2. The molecule has 1 unspecified atom stereocenters. The molecule has 4 heteroatoms. The van der Waals surface area contributed by atoms with Crippen molar-refractivity contribution >= 4 is 17.3 Å². The average molecular weight is 269 g/mol. The van der Waals surface area contributed by atoms with Crippen LogP contribution in [0.15, 0.2) is 18.2 Å². The summed E-state index contributed by atoms with van der Waals surface area (Å²) in [5.41, 5.74) is 1.01. The zero-order valence-electron chi connectivity index (χ0n) is 10.8. The second-order valence-electron chi connectivity index (χ2n) is 4.60. The Balaban J connectivity index is 2.08. The Labute approximate surface area is 114 Å². The smallest absolute Gasteiger partial charge is 0.142 e. The van der Waals surface area contributed by atoms with E-state index in [0.29, 0.717) is 12.6 Å². The molecule has 1 aliphatic rings. The van der Waals surface area contributed by atoms with E-state index in [1.54, 1.807) is 0 Å². The van der Waals surface area contributed by atoms with Crippen molar-refractivity contribution in [2.75, 3.05) is 25.0 Å². The van der Waals surface area contributed by atoms with Gasteiger partial charge in [-0.25, -0.2) is 0 Å². The van der Waals surface area contributed by atoms with Crippen LogP contribution in [0.4, 0.5) is 5.69 Å². The van der Waals surface area contributed by atoms with E-state index >= 15 is 0 Å². The summed E-state index contributed by atoms with van der Waals surface area (Å²) in [6.07, 6.45) is 3.53. The Morgan fingerprint density at radius 1 is 1.39 bits per heavy atom. The number of hydrogen-bond donors (Lipinski definition) is 2. The first-order valence-electron chi connectivity index (χ1n) is 6.69. The molecule has 0 amide bonds. The molecule has 1 fully saturated rings. The van der Waals surface area contributed by atoms with Crippen LogP contribution in [0, 0.1) is 0 Å². The summed E-state index contributed by atoms with van der Waals surface area (Å²) < 4.78 is 5.63. The zero-order chi connectivity index (χ0) is 12.8. The summed E-state index contributed by atoms with van der Waals surface area (Å²) in [6.45, 7) is 4.85. The molecular weight excluding hydrogens is 248 g/mol. The number of benzene rings is 1. The molecule has 1 atom stereocenters. The standard InChI is InChI=1S/C14H21ClN2O/c1-2-18-14-6-5-11(15)10-13(14)17-12-4-3-8-16-9-7-12/h5-6,10,12,16-17H,2-4,7-9H2,1H3. The van der Waals surface area contributed by atoms with Gasteiger partial charge in [0.2, 0.25) is 0 Å². The minimum atomic E-state index is 0.498. The van der Waals surface area contributed by atoms with Crippen LogP contribution in [0.25, 0.3) is 0 Å². The molecule has 3 nitrogen and oxygen atoms in total. The van der Waals surface area contributed by atoms with Gasteiger partial charge in [0.25, 0.3) is 0 Å². The first-order valence-corrected chi connectivity index (χ1v) is 7.07. The van der Waals surface area contributed by atoms with Crippen LogP contribution in [0.5, 0.6) is 5.75 Å². The van der Waals surface area contributed by atoms with Crippen LogP contribution in [0.2, 0.25) is 5.02 Å². The van der Waals surface area contributed by atoms with E-state index < -0.39 is 0 Å². The summed E-state index contributed by atoms with van der Waals surface area (Å²) in [6, 6.07) is 6.25. The van der Waals surface area contributed by atoms with Gasteiger partial charge in [0, 0.05) is 11.1 Å². The van der Waals surface area contributed by atoms with Gasteiger partial charge in [0.15, 0.2) is 0 Å². The number of halogens is 1. The molecule has 1 aromatic rings. The molecular formula is C14H21ClN2O. The molecule has 0 aromatic heterocycles. The second-order valence-corrected chi connectivity index (χ2v) is 5.03. The monoisotopic (exact) mass is 268 g/mol. The second kappa shape index (κ2) is 6.86. The van der Waals surface area contributed by atoms with Gasteiger partial charge in [-0.15, -0.1) is 0 Å². The molecule has 0 bridgehead atoms. The summed E-state index contributed by atoms with van der Waals surface area (Å²) in [7, 11) is 0. The Hall–Kier alpha value is -0.930.